The van der Waals surface area contributed by atoms with Crippen molar-refractivity contribution in [2.75, 3.05) is 24.8 Å². The summed E-state index contributed by atoms with van der Waals surface area (Å²) in [6.07, 6.45) is 0.988. The topological polar surface area (TPSA) is 68.5 Å². The molecule has 5 nitrogen and oxygen atoms in total. The highest BCUT2D eigenvalue weighted by atomic mass is 16.5. The molecule has 0 unspecified atom stereocenters. The van der Waals surface area contributed by atoms with Crippen molar-refractivity contribution in [3.8, 4) is 0 Å². The number of benzene rings is 1. The van der Waals surface area contributed by atoms with E-state index in [2.05, 4.69) is 28.8 Å². The van der Waals surface area contributed by atoms with E-state index in [4.69, 9.17) is 5.73 Å². The molecule has 0 radical (unpaired) electrons. The fraction of sp³-hybridized carbons (Fsp3) is 0.250. The molecule has 1 aromatic heterocycles. The number of carbonyl (C=O) groups excluding carboxylic acids is 1. The Bertz CT molecular complexity index is 638. The second kappa shape index (κ2) is 6.26. The maximum atomic E-state index is 11.6. The van der Waals surface area contributed by atoms with Gasteiger partial charge in [-0.3, -0.25) is 0 Å². The Hall–Kier alpha value is -2.56. The number of aromatic nitrogens is 1. The van der Waals surface area contributed by atoms with Crippen LogP contribution in [0.25, 0.3) is 0 Å². The quantitative estimate of drug-likeness (QED) is 0.875. The van der Waals surface area contributed by atoms with Gasteiger partial charge in [0.15, 0.2) is 11.5 Å². The molecular weight excluding hydrogens is 266 g/mol. The zero-order valence-electron chi connectivity index (χ0n) is 12.5. The summed E-state index contributed by atoms with van der Waals surface area (Å²) in [4.78, 5) is 17.7. The Balaban J connectivity index is 2.36. The lowest BCUT2D eigenvalue weighted by Crippen LogP contribution is -2.16. The molecule has 1 aromatic carbocycles. The smallest absolute Gasteiger partial charge is 0.356 e. The van der Waals surface area contributed by atoms with Gasteiger partial charge in [-0.15, -0.1) is 0 Å². The number of pyridine rings is 1. The van der Waals surface area contributed by atoms with Gasteiger partial charge >= 0.3 is 5.97 Å². The number of nitrogens with two attached hydrogens (primary N) is 1. The van der Waals surface area contributed by atoms with Crippen molar-refractivity contribution in [3.63, 3.8) is 0 Å². The van der Waals surface area contributed by atoms with Crippen LogP contribution in [-0.4, -0.2) is 25.1 Å². The molecular formula is C16H19N3O2. The van der Waals surface area contributed by atoms with E-state index in [1.54, 1.807) is 12.1 Å². The molecule has 2 aromatic rings. The van der Waals surface area contributed by atoms with E-state index < -0.39 is 5.97 Å². The number of carbonyl (C=O) groups is 1. The van der Waals surface area contributed by atoms with E-state index >= 15 is 0 Å². The zero-order chi connectivity index (χ0) is 15.4. The van der Waals surface area contributed by atoms with Crippen LogP contribution in [0, 0.1) is 0 Å². The first-order valence-corrected chi connectivity index (χ1v) is 6.74. The molecule has 2 N–H and O–H groups in total. The third-order valence-electron chi connectivity index (χ3n) is 3.35. The van der Waals surface area contributed by atoms with Crippen molar-refractivity contribution < 1.29 is 9.53 Å². The number of hydrogen-bond donors (Lipinski definition) is 1. The van der Waals surface area contributed by atoms with Crippen LogP contribution < -0.4 is 10.6 Å². The summed E-state index contributed by atoms with van der Waals surface area (Å²) < 4.78 is 4.69. The lowest BCUT2D eigenvalue weighted by Gasteiger charge is -2.20. The molecule has 5 heteroatoms. The molecule has 0 bridgehead atoms. The molecule has 0 aliphatic heterocycles. The normalized spacial score (nSPS) is 10.2. The summed E-state index contributed by atoms with van der Waals surface area (Å²) in [6, 6.07) is 11.3. The second-order valence-electron chi connectivity index (χ2n) is 4.68. The Morgan fingerprint density at radius 3 is 2.48 bits per heavy atom. The first-order valence-electron chi connectivity index (χ1n) is 6.74. The number of hydrogen-bond acceptors (Lipinski definition) is 5. The van der Waals surface area contributed by atoms with E-state index in [-0.39, 0.29) is 5.69 Å². The van der Waals surface area contributed by atoms with Crippen LogP contribution in [0.5, 0.6) is 0 Å². The molecule has 0 aliphatic rings. The fourth-order valence-corrected chi connectivity index (χ4v) is 2.02. The van der Waals surface area contributed by atoms with Crippen LogP contribution >= 0.6 is 0 Å². The number of nitrogens with zero attached hydrogens (tertiary/aromatic N) is 2. The summed E-state index contributed by atoms with van der Waals surface area (Å²) in [5.74, 6) is 0.0492. The van der Waals surface area contributed by atoms with E-state index in [9.17, 15) is 4.79 Å². The highest BCUT2D eigenvalue weighted by Crippen LogP contribution is 2.27. The highest BCUT2D eigenvalue weighted by molar-refractivity contribution is 5.89. The Kier molecular flexibility index (Phi) is 4.42. The van der Waals surface area contributed by atoms with Crippen LogP contribution in [-0.2, 0) is 11.2 Å². The van der Waals surface area contributed by atoms with E-state index in [1.807, 2.05) is 24.1 Å². The van der Waals surface area contributed by atoms with Gasteiger partial charge in [0, 0.05) is 12.7 Å². The monoisotopic (exact) mass is 285 g/mol. The van der Waals surface area contributed by atoms with Crippen LogP contribution in [0.3, 0.4) is 0 Å². The molecule has 110 valence electrons. The van der Waals surface area contributed by atoms with Crippen molar-refractivity contribution in [2.45, 2.75) is 13.3 Å². The van der Waals surface area contributed by atoms with Crippen LogP contribution in [0.15, 0.2) is 36.4 Å². The third kappa shape index (κ3) is 3.13. The first-order chi connectivity index (χ1) is 10.1. The fourth-order valence-electron chi connectivity index (χ4n) is 2.02. The van der Waals surface area contributed by atoms with Crippen molar-refractivity contribution >= 4 is 23.2 Å². The Labute approximate surface area is 124 Å². The highest BCUT2D eigenvalue weighted by Gasteiger charge is 2.14. The molecule has 0 saturated heterocycles. The molecule has 0 spiro atoms. The lowest BCUT2D eigenvalue weighted by molar-refractivity contribution is 0.0594. The van der Waals surface area contributed by atoms with Gasteiger partial charge in [0.05, 0.1) is 12.8 Å². The maximum absolute atomic E-state index is 11.6. The van der Waals surface area contributed by atoms with E-state index in [0.29, 0.717) is 11.5 Å². The molecule has 1 heterocycles. The van der Waals surface area contributed by atoms with Crippen LogP contribution in [0.1, 0.15) is 23.0 Å². The number of aryl methyl sites for hydroxylation is 1. The zero-order valence-corrected chi connectivity index (χ0v) is 12.5. The van der Waals surface area contributed by atoms with Gasteiger partial charge in [0.2, 0.25) is 0 Å². The summed E-state index contributed by atoms with van der Waals surface area (Å²) in [6.45, 7) is 2.11. The standard InChI is InChI=1S/C16H19N3O2/c1-4-11-5-7-12(8-6-11)19(2)15-13(17)9-10-14(18-15)16(20)21-3/h5-10H,4,17H2,1-3H3. The average Bonchev–Trinajstić information content (AvgIpc) is 2.54. The predicted octanol–water partition coefficient (Wildman–Crippen LogP) is 2.78. The number of nitrogen functional groups attached to an aromatic ring is 1. The maximum Gasteiger partial charge on any atom is 0.356 e. The molecule has 2 rings (SSSR count). The number of methoxy groups -OCH3 is 1. The van der Waals surface area contributed by atoms with Crippen LogP contribution in [0.4, 0.5) is 17.2 Å². The minimum absolute atomic E-state index is 0.235. The van der Waals surface area contributed by atoms with E-state index in [1.165, 1.54) is 12.7 Å². The molecule has 0 fully saturated rings. The van der Waals surface area contributed by atoms with Crippen molar-refractivity contribution in [1.82, 2.24) is 4.98 Å². The lowest BCUT2D eigenvalue weighted by atomic mass is 10.1. The van der Waals surface area contributed by atoms with Crippen molar-refractivity contribution in [1.29, 1.82) is 0 Å². The van der Waals surface area contributed by atoms with Gasteiger partial charge in [-0.25, -0.2) is 9.78 Å². The molecule has 0 aliphatic carbocycles. The minimum Gasteiger partial charge on any atom is -0.464 e. The summed E-state index contributed by atoms with van der Waals surface area (Å²) in [7, 11) is 3.19. The molecule has 0 saturated carbocycles. The second-order valence-corrected chi connectivity index (χ2v) is 4.68. The number of ether oxygens (including phenoxy) is 1. The van der Waals surface area contributed by atoms with Gasteiger partial charge in [-0.2, -0.15) is 0 Å². The van der Waals surface area contributed by atoms with Gasteiger partial charge in [0.25, 0.3) is 0 Å². The first kappa shape index (κ1) is 14.8. The van der Waals surface area contributed by atoms with E-state index in [0.717, 1.165) is 12.1 Å². The van der Waals surface area contributed by atoms with Gasteiger partial charge in [-0.05, 0) is 36.2 Å². The molecule has 21 heavy (non-hydrogen) atoms. The minimum atomic E-state index is -0.481. The van der Waals surface area contributed by atoms with Gasteiger partial charge in [0.1, 0.15) is 0 Å². The molecule has 0 amide bonds. The third-order valence-corrected chi connectivity index (χ3v) is 3.35. The number of rotatable bonds is 4. The van der Waals surface area contributed by atoms with Crippen molar-refractivity contribution in [3.05, 3.63) is 47.7 Å². The predicted molar refractivity (Wildman–Crippen MR) is 83.9 cm³/mol. The Morgan fingerprint density at radius 2 is 1.90 bits per heavy atom. The average molecular weight is 285 g/mol. The number of esters is 1. The summed E-state index contributed by atoms with van der Waals surface area (Å²) in [5, 5.41) is 0. The molecule has 0 atom stereocenters. The Morgan fingerprint density at radius 1 is 1.24 bits per heavy atom. The number of anilines is 3. The SMILES string of the molecule is CCc1ccc(N(C)c2nc(C(=O)OC)ccc2N)cc1. The van der Waals surface area contributed by atoms with Crippen molar-refractivity contribution in [2.24, 2.45) is 0 Å². The van der Waals surface area contributed by atoms with Gasteiger partial charge < -0.3 is 15.4 Å². The largest absolute Gasteiger partial charge is 0.464 e. The summed E-state index contributed by atoms with van der Waals surface area (Å²) >= 11 is 0. The van der Waals surface area contributed by atoms with Crippen LogP contribution in [0.2, 0.25) is 0 Å². The summed E-state index contributed by atoms with van der Waals surface area (Å²) in [5.41, 5.74) is 8.92. The van der Waals surface area contributed by atoms with Gasteiger partial charge in [-0.1, -0.05) is 19.1 Å².